The van der Waals surface area contributed by atoms with Crippen molar-refractivity contribution >= 4 is 0 Å². The summed E-state index contributed by atoms with van der Waals surface area (Å²) in [6, 6.07) is 1.00. The molecule has 1 heteroatoms. The van der Waals surface area contributed by atoms with Crippen LogP contribution in [-0.2, 0) is 0 Å². The zero-order valence-corrected chi connectivity index (χ0v) is 8.54. The molecule has 2 saturated heterocycles. The first kappa shape index (κ1) is 8.28. The molecule has 2 aliphatic heterocycles. The summed E-state index contributed by atoms with van der Waals surface area (Å²) in [5, 5.41) is 0. The van der Waals surface area contributed by atoms with Crippen LogP contribution >= 0.6 is 0 Å². The maximum Gasteiger partial charge on any atom is 0.0124 e. The van der Waals surface area contributed by atoms with E-state index in [4.69, 9.17) is 0 Å². The topological polar surface area (TPSA) is 3.24 Å². The maximum absolute atomic E-state index is 2.82. The van der Waals surface area contributed by atoms with Crippen molar-refractivity contribution < 1.29 is 0 Å². The largest absolute Gasteiger partial charge is 0.300 e. The van der Waals surface area contributed by atoms with Crippen LogP contribution in [0.1, 0.15) is 44.9 Å². The van der Waals surface area contributed by atoms with Crippen LogP contribution in [0.3, 0.4) is 0 Å². The highest BCUT2D eigenvalue weighted by Crippen LogP contribution is 2.40. The van der Waals surface area contributed by atoms with E-state index in [1.54, 1.807) is 6.42 Å². The van der Waals surface area contributed by atoms with Crippen molar-refractivity contribution in [2.45, 2.75) is 51.0 Å². The molecule has 0 amide bonds. The van der Waals surface area contributed by atoms with Crippen LogP contribution in [0.25, 0.3) is 0 Å². The van der Waals surface area contributed by atoms with Crippen LogP contribution in [0.2, 0.25) is 0 Å². The van der Waals surface area contributed by atoms with Gasteiger partial charge in [0, 0.05) is 12.6 Å². The van der Waals surface area contributed by atoms with Crippen molar-refractivity contribution in [2.75, 3.05) is 13.1 Å². The zero-order chi connectivity index (χ0) is 8.67. The molecule has 3 aliphatic rings. The first-order valence-electron chi connectivity index (χ1n) is 6.17. The van der Waals surface area contributed by atoms with E-state index in [1.807, 2.05) is 0 Å². The van der Waals surface area contributed by atoms with Crippen molar-refractivity contribution in [3.8, 4) is 0 Å². The van der Waals surface area contributed by atoms with Gasteiger partial charge in [-0.3, -0.25) is 4.90 Å². The summed E-state index contributed by atoms with van der Waals surface area (Å²) in [7, 11) is 0. The first-order chi connectivity index (χ1) is 6.43. The highest BCUT2D eigenvalue weighted by molar-refractivity contribution is 4.92. The monoisotopic (exact) mass is 179 g/mol. The van der Waals surface area contributed by atoms with Gasteiger partial charge < -0.3 is 0 Å². The number of hydrogen-bond donors (Lipinski definition) is 0. The summed E-state index contributed by atoms with van der Waals surface area (Å²) < 4.78 is 0. The number of rotatable bonds is 0. The fourth-order valence-corrected chi connectivity index (χ4v) is 3.96. The van der Waals surface area contributed by atoms with Gasteiger partial charge >= 0.3 is 0 Å². The van der Waals surface area contributed by atoms with Gasteiger partial charge in [-0.25, -0.2) is 0 Å². The maximum atomic E-state index is 2.82. The second kappa shape index (κ2) is 3.27. The average molecular weight is 179 g/mol. The predicted molar refractivity (Wildman–Crippen MR) is 54.7 cm³/mol. The fourth-order valence-electron chi connectivity index (χ4n) is 3.96. The fraction of sp³-hybridized carbons (Fsp3) is 1.00. The van der Waals surface area contributed by atoms with Gasteiger partial charge in [0.2, 0.25) is 0 Å². The normalized spacial score (nSPS) is 49.8. The molecule has 74 valence electrons. The smallest absolute Gasteiger partial charge is 0.0124 e. The van der Waals surface area contributed by atoms with Gasteiger partial charge in [0.1, 0.15) is 0 Å². The van der Waals surface area contributed by atoms with Gasteiger partial charge in [0.25, 0.3) is 0 Å². The molecule has 2 bridgehead atoms. The molecule has 0 aromatic rings. The van der Waals surface area contributed by atoms with Crippen LogP contribution in [0.15, 0.2) is 0 Å². The van der Waals surface area contributed by atoms with Crippen LogP contribution in [0.4, 0.5) is 0 Å². The molecule has 0 N–H and O–H groups in total. The number of piperidine rings is 2. The van der Waals surface area contributed by atoms with Crippen molar-refractivity contribution in [3.63, 3.8) is 0 Å². The standard InChI is InChI=1S/C12H21N/c1-2-6-12-11(5-1)8-10-4-3-7-13(12)9-10/h10-12H,1-9H2. The Morgan fingerprint density at radius 1 is 0.923 bits per heavy atom. The lowest BCUT2D eigenvalue weighted by molar-refractivity contribution is 0.000753. The number of nitrogens with zero attached hydrogens (tertiary/aromatic N) is 1. The Morgan fingerprint density at radius 2 is 1.85 bits per heavy atom. The van der Waals surface area contributed by atoms with E-state index in [0.717, 1.165) is 17.9 Å². The van der Waals surface area contributed by atoms with Crippen LogP contribution in [0, 0.1) is 11.8 Å². The molecule has 0 aromatic carbocycles. The third-order valence-electron chi connectivity index (χ3n) is 4.52. The van der Waals surface area contributed by atoms with Gasteiger partial charge in [-0.05, 0) is 50.5 Å². The molecule has 4 unspecified atom stereocenters. The van der Waals surface area contributed by atoms with E-state index in [1.165, 1.54) is 51.6 Å². The van der Waals surface area contributed by atoms with E-state index in [-0.39, 0.29) is 0 Å². The SMILES string of the molecule is C1CCC2C(C1)CC1CCCN2C1. The molecule has 2 heterocycles. The Hall–Kier alpha value is -0.0400. The van der Waals surface area contributed by atoms with Crippen molar-refractivity contribution in [1.82, 2.24) is 4.90 Å². The minimum atomic E-state index is 1.00. The second-order valence-electron chi connectivity index (χ2n) is 5.35. The predicted octanol–water partition coefficient (Wildman–Crippen LogP) is 2.66. The van der Waals surface area contributed by atoms with Gasteiger partial charge in [-0.1, -0.05) is 12.8 Å². The molecule has 3 rings (SSSR count). The molecular weight excluding hydrogens is 158 g/mol. The molecule has 1 nitrogen and oxygen atoms in total. The lowest BCUT2D eigenvalue weighted by Crippen LogP contribution is -2.52. The third-order valence-corrected chi connectivity index (χ3v) is 4.52. The Labute approximate surface area is 81.5 Å². The Morgan fingerprint density at radius 3 is 2.85 bits per heavy atom. The Bertz CT molecular complexity index is 186. The van der Waals surface area contributed by atoms with E-state index < -0.39 is 0 Å². The third kappa shape index (κ3) is 1.41. The van der Waals surface area contributed by atoms with Crippen LogP contribution < -0.4 is 0 Å². The van der Waals surface area contributed by atoms with Crippen LogP contribution in [0.5, 0.6) is 0 Å². The van der Waals surface area contributed by atoms with Gasteiger partial charge in [0.15, 0.2) is 0 Å². The summed E-state index contributed by atoms with van der Waals surface area (Å²) in [5.74, 6) is 2.17. The Kier molecular flexibility index (Phi) is 2.08. The summed E-state index contributed by atoms with van der Waals surface area (Å²) in [5.41, 5.74) is 0. The summed E-state index contributed by atoms with van der Waals surface area (Å²) in [6.07, 6.45) is 10.6. The highest BCUT2D eigenvalue weighted by atomic mass is 15.2. The van der Waals surface area contributed by atoms with Gasteiger partial charge in [-0.15, -0.1) is 0 Å². The lowest BCUT2D eigenvalue weighted by atomic mass is 9.72. The van der Waals surface area contributed by atoms with Crippen molar-refractivity contribution in [1.29, 1.82) is 0 Å². The minimum absolute atomic E-state index is 1.00. The Balaban J connectivity index is 1.77. The van der Waals surface area contributed by atoms with E-state index in [0.29, 0.717) is 0 Å². The van der Waals surface area contributed by atoms with E-state index in [9.17, 15) is 0 Å². The number of fused-ring (bicyclic) bond motifs is 4. The lowest BCUT2D eigenvalue weighted by Gasteiger charge is -2.50. The quantitative estimate of drug-likeness (QED) is 0.552. The second-order valence-corrected chi connectivity index (χ2v) is 5.35. The molecule has 1 aliphatic carbocycles. The molecule has 0 aromatic heterocycles. The molecular formula is C12H21N. The molecule has 4 atom stereocenters. The molecule has 0 spiro atoms. The molecule has 13 heavy (non-hydrogen) atoms. The molecule has 1 saturated carbocycles. The van der Waals surface area contributed by atoms with E-state index in [2.05, 4.69) is 4.90 Å². The summed E-state index contributed by atoms with van der Waals surface area (Å²) >= 11 is 0. The van der Waals surface area contributed by atoms with Crippen molar-refractivity contribution in [2.24, 2.45) is 11.8 Å². The van der Waals surface area contributed by atoms with Crippen LogP contribution in [-0.4, -0.2) is 24.0 Å². The first-order valence-corrected chi connectivity index (χ1v) is 6.17. The zero-order valence-electron chi connectivity index (χ0n) is 8.54. The van der Waals surface area contributed by atoms with Gasteiger partial charge in [-0.2, -0.15) is 0 Å². The molecule has 3 fully saturated rings. The summed E-state index contributed by atoms with van der Waals surface area (Å²) in [6.45, 7) is 2.86. The highest BCUT2D eigenvalue weighted by Gasteiger charge is 2.38. The average Bonchev–Trinajstić information content (AvgIpc) is 2.18. The van der Waals surface area contributed by atoms with Gasteiger partial charge in [0.05, 0.1) is 0 Å². The van der Waals surface area contributed by atoms with Crippen molar-refractivity contribution in [3.05, 3.63) is 0 Å². The van der Waals surface area contributed by atoms with E-state index >= 15 is 0 Å². The summed E-state index contributed by atoms with van der Waals surface area (Å²) in [4.78, 5) is 2.82. The molecule has 0 radical (unpaired) electrons. The minimum Gasteiger partial charge on any atom is -0.300 e. The number of hydrogen-bond acceptors (Lipinski definition) is 1.